The maximum absolute atomic E-state index is 15.6. The number of likely N-dealkylation sites (N-methyl/N-ethyl adjacent to an activating group) is 1. The fourth-order valence-electron chi connectivity index (χ4n) is 6.32. The van der Waals surface area contributed by atoms with E-state index in [4.69, 9.17) is 15.0 Å². The highest BCUT2D eigenvalue weighted by atomic mass is 79.9. The molecule has 0 unspecified atom stereocenters. The number of carbonyl (C=O) groups excluding carboxylic acids is 1. The predicted molar refractivity (Wildman–Crippen MR) is 167 cm³/mol. The first-order valence-corrected chi connectivity index (χ1v) is 15.6. The van der Waals surface area contributed by atoms with Crippen LogP contribution >= 0.6 is 15.9 Å². The van der Waals surface area contributed by atoms with E-state index in [2.05, 4.69) is 73.4 Å². The molecule has 11 heteroatoms. The summed E-state index contributed by atoms with van der Waals surface area (Å²) in [6.45, 7) is 3.84. The summed E-state index contributed by atoms with van der Waals surface area (Å²) in [4.78, 5) is 28.6. The largest absolute Gasteiger partial charge is 0.462 e. The Morgan fingerprint density at radius 1 is 1.23 bits per heavy atom. The number of piperazine rings is 1. The van der Waals surface area contributed by atoms with Gasteiger partial charge >= 0.3 is 6.01 Å². The zero-order chi connectivity index (χ0) is 29.9. The third kappa shape index (κ3) is 6.37. The Hall–Kier alpha value is -3.59. The predicted octanol–water partition coefficient (Wildman–Crippen LogP) is 4.45. The number of nitriles is 1. The van der Waals surface area contributed by atoms with Gasteiger partial charge < -0.3 is 24.8 Å². The molecule has 6 rings (SSSR count). The van der Waals surface area contributed by atoms with Gasteiger partial charge in [-0.05, 0) is 50.4 Å². The monoisotopic (exact) mass is 647 g/mol. The van der Waals surface area contributed by atoms with Crippen molar-refractivity contribution in [3.8, 4) is 12.1 Å². The smallest absolute Gasteiger partial charge is 0.317 e. The summed E-state index contributed by atoms with van der Waals surface area (Å²) in [7, 11) is 2.08. The van der Waals surface area contributed by atoms with Crippen molar-refractivity contribution in [1.82, 2.24) is 25.1 Å². The number of nitrogens with zero attached hydrogens (tertiary/aromatic N) is 6. The molecule has 4 heterocycles. The van der Waals surface area contributed by atoms with Crippen molar-refractivity contribution >= 4 is 44.4 Å². The number of aromatic nitrogens is 2. The van der Waals surface area contributed by atoms with Gasteiger partial charge in [0.2, 0.25) is 0 Å². The fraction of sp³-hybridized carbons (Fsp3) is 0.438. The lowest BCUT2D eigenvalue weighted by Gasteiger charge is -2.32. The summed E-state index contributed by atoms with van der Waals surface area (Å²) in [5.41, 5.74) is 3.07. The molecule has 43 heavy (non-hydrogen) atoms. The number of nitrogens with one attached hydrogen (secondary N) is 1. The van der Waals surface area contributed by atoms with Crippen molar-refractivity contribution < 1.29 is 13.9 Å². The summed E-state index contributed by atoms with van der Waals surface area (Å²) < 4.78 is 22.7. The number of likely N-dealkylation sites (tertiary alicyclic amines) is 1. The Kier molecular flexibility index (Phi) is 8.88. The number of hydrogen-bond acceptors (Lipinski definition) is 8. The fourth-order valence-corrected chi connectivity index (χ4v) is 6.90. The second-order valence-corrected chi connectivity index (χ2v) is 12.3. The first kappa shape index (κ1) is 29.5. The van der Waals surface area contributed by atoms with Crippen LogP contribution in [0.25, 0.3) is 16.8 Å². The Labute approximate surface area is 259 Å². The normalized spacial score (nSPS) is 21.1. The zero-order valence-corrected chi connectivity index (χ0v) is 25.8. The van der Waals surface area contributed by atoms with E-state index in [0.29, 0.717) is 44.9 Å². The highest BCUT2D eigenvalue weighted by molar-refractivity contribution is 9.10. The maximum Gasteiger partial charge on any atom is 0.317 e. The minimum absolute atomic E-state index is 0.170. The quantitative estimate of drug-likeness (QED) is 0.376. The van der Waals surface area contributed by atoms with Crippen LogP contribution in [0.2, 0.25) is 0 Å². The van der Waals surface area contributed by atoms with Gasteiger partial charge in [0.1, 0.15) is 6.61 Å². The molecular weight excluding hydrogens is 613 g/mol. The molecule has 3 aliphatic rings. The Balaban J connectivity index is 1.31. The van der Waals surface area contributed by atoms with Gasteiger partial charge in [0.15, 0.2) is 5.83 Å². The number of anilines is 1. The number of rotatable bonds is 7. The van der Waals surface area contributed by atoms with E-state index in [9.17, 15) is 4.79 Å². The van der Waals surface area contributed by atoms with E-state index in [1.165, 1.54) is 11.0 Å². The molecule has 2 saturated heterocycles. The lowest BCUT2D eigenvalue weighted by Crippen LogP contribution is -2.52. The van der Waals surface area contributed by atoms with Crippen molar-refractivity contribution in [3.05, 3.63) is 63.6 Å². The minimum atomic E-state index is -0.875. The Morgan fingerprint density at radius 3 is 2.86 bits per heavy atom. The lowest BCUT2D eigenvalue weighted by molar-refractivity contribution is -0.129. The van der Waals surface area contributed by atoms with E-state index < -0.39 is 11.7 Å². The molecule has 0 aliphatic carbocycles. The van der Waals surface area contributed by atoms with Crippen molar-refractivity contribution in [2.45, 2.75) is 44.3 Å². The van der Waals surface area contributed by atoms with Crippen LogP contribution < -0.4 is 15.0 Å². The molecule has 0 saturated carbocycles. The molecule has 2 atom stereocenters. The molecule has 3 aromatic rings. The molecular formula is C32H35BrFN7O2. The van der Waals surface area contributed by atoms with Gasteiger partial charge in [-0.15, -0.1) is 0 Å². The summed E-state index contributed by atoms with van der Waals surface area (Å²) in [5.74, 6) is -1.56. The number of benzene rings is 2. The third-order valence-electron chi connectivity index (χ3n) is 8.67. The van der Waals surface area contributed by atoms with Crippen LogP contribution in [0, 0.1) is 11.3 Å². The van der Waals surface area contributed by atoms with Gasteiger partial charge in [0.25, 0.3) is 5.91 Å². The third-order valence-corrected chi connectivity index (χ3v) is 9.33. The van der Waals surface area contributed by atoms with Crippen molar-refractivity contribution in [2.24, 2.45) is 0 Å². The number of halogens is 2. The van der Waals surface area contributed by atoms with E-state index in [-0.39, 0.29) is 31.1 Å². The molecule has 9 nitrogen and oxygen atoms in total. The van der Waals surface area contributed by atoms with Crippen LogP contribution in [0.3, 0.4) is 0 Å². The number of carbonyl (C=O) groups is 1. The van der Waals surface area contributed by atoms with Crippen LogP contribution in [0.1, 0.15) is 36.2 Å². The second-order valence-electron chi connectivity index (χ2n) is 11.4. The van der Waals surface area contributed by atoms with E-state index in [0.717, 1.165) is 51.6 Å². The van der Waals surface area contributed by atoms with Gasteiger partial charge in [-0.1, -0.05) is 40.2 Å². The molecule has 0 bridgehead atoms. The Morgan fingerprint density at radius 2 is 2.07 bits per heavy atom. The number of fused-ring (bicyclic) bond motifs is 2. The molecule has 3 aliphatic heterocycles. The van der Waals surface area contributed by atoms with E-state index in [1.807, 2.05) is 12.1 Å². The number of ether oxygens (including phenoxy) is 1. The molecule has 1 N–H and O–H groups in total. The minimum Gasteiger partial charge on any atom is -0.462 e. The molecule has 2 fully saturated rings. The molecule has 224 valence electrons. The summed E-state index contributed by atoms with van der Waals surface area (Å²) in [5, 5.41) is 14.5. The Bertz CT molecular complexity index is 1590. The van der Waals surface area contributed by atoms with Crippen molar-refractivity contribution in [2.75, 3.05) is 51.3 Å². The van der Waals surface area contributed by atoms with Crippen molar-refractivity contribution in [3.63, 3.8) is 0 Å². The molecule has 1 aromatic heterocycles. The van der Waals surface area contributed by atoms with Gasteiger partial charge in [0.05, 0.1) is 30.4 Å². The summed E-state index contributed by atoms with van der Waals surface area (Å²) >= 11 is 3.73. The van der Waals surface area contributed by atoms with Gasteiger partial charge in [-0.2, -0.15) is 15.2 Å². The van der Waals surface area contributed by atoms with E-state index >= 15 is 4.39 Å². The van der Waals surface area contributed by atoms with Crippen LogP contribution in [0.15, 0.2) is 46.7 Å². The highest BCUT2D eigenvalue weighted by Crippen LogP contribution is 2.36. The summed E-state index contributed by atoms with van der Waals surface area (Å²) in [6.07, 6.45) is 4.25. The van der Waals surface area contributed by atoms with Crippen LogP contribution in [-0.4, -0.2) is 84.1 Å². The second kappa shape index (κ2) is 13.0. The van der Waals surface area contributed by atoms with Gasteiger partial charge in [0, 0.05) is 65.4 Å². The van der Waals surface area contributed by atoms with Crippen molar-refractivity contribution in [1.29, 1.82) is 5.26 Å². The van der Waals surface area contributed by atoms with Crippen LogP contribution in [0.5, 0.6) is 6.01 Å². The van der Waals surface area contributed by atoms with Gasteiger partial charge in [-0.25, -0.2) is 4.39 Å². The average molecular weight is 649 g/mol. The summed E-state index contributed by atoms with van der Waals surface area (Å²) in [6, 6.07) is 14.8. The average Bonchev–Trinajstić information content (AvgIpc) is 3.43. The molecule has 0 spiro atoms. The first-order chi connectivity index (χ1) is 20.9. The van der Waals surface area contributed by atoms with Gasteiger partial charge in [-0.3, -0.25) is 4.79 Å². The first-order valence-electron chi connectivity index (χ1n) is 14.8. The van der Waals surface area contributed by atoms with E-state index in [1.54, 1.807) is 0 Å². The highest BCUT2D eigenvalue weighted by Gasteiger charge is 2.29. The standard InChI is InChI=1S/C32H35BrFN7O2/c1-39-14-4-7-23(39)20-43-32-37-27(17-26(34)31(42)41-16-13-36-22(18-41)10-12-35)24-11-15-40(19-28(24)38-32)29-9-3-6-21-5-2-8-25(33)30(21)29/h2-3,5-6,8-9,17,22-23,36H,4,7,10-11,13-16,18-20H2,1H3/t22-,23-/m0/s1. The number of amides is 1. The van der Waals surface area contributed by atoms with Crippen LogP contribution in [0.4, 0.5) is 10.1 Å². The number of hydrogen-bond donors (Lipinski definition) is 1. The lowest BCUT2D eigenvalue weighted by atomic mass is 10.00. The maximum atomic E-state index is 15.6. The molecule has 0 radical (unpaired) electrons. The molecule has 2 aromatic carbocycles. The SMILES string of the molecule is CN1CCC[C@H]1COc1nc(C=C(F)C(=O)N2CCN[C@@H](CC#N)C2)c2c(n1)CN(c1cccc3cccc(Br)c13)CC2. The topological polar surface area (TPSA) is 97.6 Å². The molecule has 1 amide bonds. The zero-order valence-electron chi connectivity index (χ0n) is 24.2. The van der Waals surface area contributed by atoms with Crippen LogP contribution in [-0.2, 0) is 17.8 Å².